The quantitative estimate of drug-likeness (QED) is 0.732. The van der Waals surface area contributed by atoms with Crippen molar-refractivity contribution in [2.24, 2.45) is 16.7 Å². The molecule has 34 heavy (non-hydrogen) atoms. The molecule has 3 aliphatic carbocycles. The van der Waals surface area contributed by atoms with Gasteiger partial charge in [0.1, 0.15) is 12.2 Å². The van der Waals surface area contributed by atoms with Crippen LogP contribution in [-0.2, 0) is 12.7 Å². The van der Waals surface area contributed by atoms with E-state index < -0.39 is 12.0 Å². The van der Waals surface area contributed by atoms with E-state index in [-0.39, 0.29) is 22.8 Å². The number of hydrogen-bond donors (Lipinski definition) is 1. The van der Waals surface area contributed by atoms with Gasteiger partial charge in [-0.25, -0.2) is 14.8 Å². The minimum absolute atomic E-state index is 0.128. The normalized spacial score (nSPS) is 25.7. The molecule has 2 aromatic rings. The summed E-state index contributed by atoms with van der Waals surface area (Å²) < 4.78 is 39.3. The molecule has 7 rings (SSSR count). The van der Waals surface area contributed by atoms with Crippen molar-refractivity contribution >= 4 is 6.03 Å². The monoisotopic (exact) mass is 476 g/mol. The second-order valence-corrected chi connectivity index (χ2v) is 11.5. The molecule has 9 nitrogen and oxygen atoms in total. The van der Waals surface area contributed by atoms with Crippen molar-refractivity contribution in [2.75, 3.05) is 26.2 Å². The number of nitrogens with zero attached hydrogens (tertiary/aromatic N) is 7. The van der Waals surface area contributed by atoms with Crippen LogP contribution in [0.2, 0.25) is 0 Å². The fourth-order valence-electron chi connectivity index (χ4n) is 6.76. The molecule has 2 aromatic heterocycles. The van der Waals surface area contributed by atoms with Crippen molar-refractivity contribution in [3.05, 3.63) is 23.8 Å². The Bertz CT molecular complexity index is 1110. The van der Waals surface area contributed by atoms with Gasteiger partial charge in [-0.3, -0.25) is 9.78 Å². The number of carbonyl (C=O) groups excluding carboxylic acids is 1. The Hall–Kier alpha value is -2.66. The highest BCUT2D eigenvalue weighted by Crippen LogP contribution is 2.57. The first-order valence-corrected chi connectivity index (χ1v) is 12.1. The summed E-state index contributed by atoms with van der Waals surface area (Å²) in [6, 6.07) is 0.128. The Morgan fingerprint density at radius 3 is 2.26 bits per heavy atom. The third-order valence-electron chi connectivity index (χ3n) is 8.53. The number of aromatic nitrogens is 6. The summed E-state index contributed by atoms with van der Waals surface area (Å²) in [7, 11) is 0. The molecule has 182 valence electrons. The number of carbonyl (C=O) groups is 1. The minimum Gasteiger partial charge on any atom is -0.323 e. The molecule has 4 heterocycles. The lowest BCUT2D eigenvalue weighted by atomic mass is 9.57. The molecule has 0 atom stereocenters. The zero-order chi connectivity index (χ0) is 23.3. The summed E-state index contributed by atoms with van der Waals surface area (Å²) in [5.41, 5.74) is 0.390. The molecule has 0 radical (unpaired) electrons. The average molecular weight is 477 g/mol. The zero-order valence-corrected chi connectivity index (χ0v) is 18.8. The predicted octanol–water partition coefficient (Wildman–Crippen LogP) is 3.00. The number of rotatable bonds is 4. The van der Waals surface area contributed by atoms with Gasteiger partial charge in [0.05, 0.1) is 0 Å². The highest BCUT2D eigenvalue weighted by Gasteiger charge is 2.59. The molecule has 12 heteroatoms. The van der Waals surface area contributed by atoms with Crippen LogP contribution in [0, 0.1) is 16.7 Å². The van der Waals surface area contributed by atoms with Crippen LogP contribution in [0.1, 0.15) is 67.8 Å². The minimum atomic E-state index is -4.51. The summed E-state index contributed by atoms with van der Waals surface area (Å²) in [4.78, 5) is 24.8. The van der Waals surface area contributed by atoms with Gasteiger partial charge in [0, 0.05) is 55.4 Å². The van der Waals surface area contributed by atoms with E-state index in [0.717, 1.165) is 69.8 Å². The topological polar surface area (TPSA) is 95.8 Å². The first-order valence-electron chi connectivity index (χ1n) is 12.1. The second kappa shape index (κ2) is 6.72. The second-order valence-electron chi connectivity index (χ2n) is 11.5. The SMILES string of the molecule is O=C(N1CC2(CC(Cn3cnc(C(F)(F)F)n3)C2)C1)N1CC2(CC(c3n[nH]c(C4CC4)n3)C2)C1. The maximum Gasteiger partial charge on any atom is 0.453 e. The Kier molecular flexibility index (Phi) is 4.09. The molecule has 0 bridgehead atoms. The first kappa shape index (κ1) is 20.7. The maximum absolute atomic E-state index is 12.9. The number of hydrogen-bond acceptors (Lipinski definition) is 5. The number of halogens is 3. The summed E-state index contributed by atoms with van der Waals surface area (Å²) in [6.07, 6.45) is 3.03. The molecule has 2 aliphatic heterocycles. The van der Waals surface area contributed by atoms with E-state index in [0.29, 0.717) is 18.4 Å². The molecule has 2 amide bonds. The van der Waals surface area contributed by atoms with E-state index in [1.54, 1.807) is 0 Å². The van der Waals surface area contributed by atoms with Gasteiger partial charge in [0.25, 0.3) is 5.82 Å². The molecule has 0 unspecified atom stereocenters. The first-order chi connectivity index (χ1) is 16.2. The van der Waals surface area contributed by atoms with Gasteiger partial charge < -0.3 is 9.80 Å². The Morgan fingerprint density at radius 2 is 1.68 bits per heavy atom. The molecule has 2 spiro atoms. The number of amides is 2. The average Bonchev–Trinajstić information content (AvgIpc) is 3.19. The van der Waals surface area contributed by atoms with Gasteiger partial charge in [-0.1, -0.05) is 0 Å². The van der Waals surface area contributed by atoms with Crippen LogP contribution in [0.15, 0.2) is 6.33 Å². The molecule has 3 saturated carbocycles. The fraction of sp³-hybridized carbons (Fsp3) is 0.773. The number of nitrogens with one attached hydrogen (secondary N) is 1. The molecule has 2 saturated heterocycles. The van der Waals surface area contributed by atoms with E-state index in [2.05, 4.69) is 25.3 Å². The lowest BCUT2D eigenvalue weighted by molar-refractivity contribution is -0.145. The summed E-state index contributed by atoms with van der Waals surface area (Å²) in [5.74, 6) is 2.19. The molecule has 1 N–H and O–H groups in total. The number of likely N-dealkylation sites (tertiary alicyclic amines) is 2. The van der Waals surface area contributed by atoms with E-state index >= 15 is 0 Å². The Labute approximate surface area is 194 Å². The van der Waals surface area contributed by atoms with Gasteiger partial charge in [-0.15, -0.1) is 5.10 Å². The highest BCUT2D eigenvalue weighted by molar-refractivity contribution is 5.77. The largest absolute Gasteiger partial charge is 0.453 e. The van der Waals surface area contributed by atoms with Crippen LogP contribution < -0.4 is 0 Å². The fourth-order valence-corrected chi connectivity index (χ4v) is 6.76. The summed E-state index contributed by atoms with van der Waals surface area (Å²) in [6.45, 7) is 3.59. The lowest BCUT2D eigenvalue weighted by Gasteiger charge is -2.63. The Morgan fingerprint density at radius 1 is 1.03 bits per heavy atom. The van der Waals surface area contributed by atoms with Crippen molar-refractivity contribution < 1.29 is 18.0 Å². The van der Waals surface area contributed by atoms with Crippen LogP contribution in [0.25, 0.3) is 0 Å². The smallest absolute Gasteiger partial charge is 0.323 e. The van der Waals surface area contributed by atoms with E-state index in [4.69, 9.17) is 0 Å². The maximum atomic E-state index is 12.9. The van der Waals surface area contributed by atoms with Crippen LogP contribution in [-0.4, -0.2) is 72.0 Å². The summed E-state index contributed by atoms with van der Waals surface area (Å²) in [5, 5.41) is 11.1. The van der Waals surface area contributed by atoms with E-state index in [1.165, 1.54) is 17.5 Å². The van der Waals surface area contributed by atoms with Crippen molar-refractivity contribution in [1.29, 1.82) is 0 Å². The van der Waals surface area contributed by atoms with Gasteiger partial charge in [0.2, 0.25) is 0 Å². The van der Waals surface area contributed by atoms with Crippen LogP contribution in [0.4, 0.5) is 18.0 Å². The molecule has 5 aliphatic rings. The predicted molar refractivity (Wildman–Crippen MR) is 111 cm³/mol. The number of alkyl halides is 3. The van der Waals surface area contributed by atoms with Gasteiger partial charge in [0.15, 0.2) is 5.82 Å². The molecule has 5 fully saturated rings. The lowest BCUT2D eigenvalue weighted by Crippen LogP contribution is -2.71. The molecule has 0 aromatic carbocycles. The van der Waals surface area contributed by atoms with Crippen LogP contribution >= 0.6 is 0 Å². The van der Waals surface area contributed by atoms with Gasteiger partial charge >= 0.3 is 12.2 Å². The van der Waals surface area contributed by atoms with Crippen molar-refractivity contribution in [3.63, 3.8) is 0 Å². The Balaban J connectivity index is 0.844. The number of aromatic amines is 1. The number of urea groups is 1. The molecular formula is C22H27F3N8O. The van der Waals surface area contributed by atoms with Crippen LogP contribution in [0.5, 0.6) is 0 Å². The van der Waals surface area contributed by atoms with Gasteiger partial charge in [-0.05, 0) is 44.4 Å². The highest BCUT2D eigenvalue weighted by atomic mass is 19.4. The number of H-pyrrole nitrogens is 1. The third kappa shape index (κ3) is 3.31. The molecular weight excluding hydrogens is 449 g/mol. The summed E-state index contributed by atoms with van der Waals surface area (Å²) >= 11 is 0. The zero-order valence-electron chi connectivity index (χ0n) is 18.8. The van der Waals surface area contributed by atoms with Crippen LogP contribution in [0.3, 0.4) is 0 Å². The van der Waals surface area contributed by atoms with Crippen molar-refractivity contribution in [1.82, 2.24) is 39.7 Å². The van der Waals surface area contributed by atoms with E-state index in [9.17, 15) is 18.0 Å². The van der Waals surface area contributed by atoms with Crippen molar-refractivity contribution in [3.8, 4) is 0 Å². The third-order valence-corrected chi connectivity index (χ3v) is 8.53. The van der Waals surface area contributed by atoms with Crippen molar-refractivity contribution in [2.45, 2.75) is 63.1 Å². The van der Waals surface area contributed by atoms with E-state index in [1.807, 2.05) is 9.80 Å². The standard InChI is InChI=1S/C22H27F3N8O/c23-22(24,25)18-26-12-33(30-18)7-13-3-20(4-13)8-31(9-20)19(34)32-10-21(11-32)5-15(6-21)17-27-16(28-29-17)14-1-2-14/h12-15H,1-11H2,(H,27,28,29). The van der Waals surface area contributed by atoms with Gasteiger partial charge in [-0.2, -0.15) is 18.3 Å².